The Kier molecular flexibility index (Phi) is 12.4. The first-order chi connectivity index (χ1) is 12.0. The maximum absolute atomic E-state index is 11.0. The van der Waals surface area contributed by atoms with Crippen LogP contribution in [0, 0.1) is 0 Å². The molecular weight excluding hydrogens is 359 g/mol. The molecule has 7 nitrogen and oxygen atoms in total. The first kappa shape index (κ1) is 24.8. The second-order valence-electron chi connectivity index (χ2n) is 6.41. The third-order valence-electron chi connectivity index (χ3n) is 3.52. The van der Waals surface area contributed by atoms with Crippen molar-refractivity contribution in [1.82, 2.24) is 0 Å². The summed E-state index contributed by atoms with van der Waals surface area (Å²) in [7, 11) is -4.72. The number of carbonyl (C=O) groups is 1. The Morgan fingerprint density at radius 1 is 1.00 bits per heavy atom. The van der Waals surface area contributed by atoms with Crippen LogP contribution in [0.1, 0.15) is 53.4 Å². The summed E-state index contributed by atoms with van der Waals surface area (Å²) in [5, 5.41) is 8.95. The molecule has 0 radical (unpaired) electrons. The highest BCUT2D eigenvalue weighted by Gasteiger charge is 2.23. The molecule has 0 aromatic heterocycles. The van der Waals surface area contributed by atoms with E-state index in [-0.39, 0.29) is 6.61 Å². The Morgan fingerprint density at radius 3 is 2.04 bits per heavy atom. The fourth-order valence-corrected chi connectivity index (χ4v) is 2.33. The van der Waals surface area contributed by atoms with Crippen molar-refractivity contribution in [2.24, 2.45) is 0 Å². The Balaban J connectivity index is 4.24. The fourth-order valence-electron chi connectivity index (χ4n) is 2.00. The normalized spacial score (nSPS) is 14.2. The largest absolute Gasteiger partial charge is 0.479 e. The van der Waals surface area contributed by atoms with Gasteiger partial charge in [0.2, 0.25) is 0 Å². The topological polar surface area (TPSA) is 113 Å². The molecule has 1 atom stereocenters. The van der Waals surface area contributed by atoms with Gasteiger partial charge < -0.3 is 19.6 Å². The molecule has 0 amide bonds. The maximum atomic E-state index is 11.0. The molecular formula is C18H31O7P. The molecule has 0 aliphatic rings. The molecule has 1 unspecified atom stereocenters. The molecule has 0 aliphatic heterocycles. The smallest absolute Gasteiger partial charge is 0.469 e. The summed E-state index contributed by atoms with van der Waals surface area (Å²) in [6.07, 6.45) is 8.56. The third kappa shape index (κ3) is 15.0. The fraction of sp³-hybridized carbons (Fsp3) is 0.611. The molecule has 0 spiro atoms. The monoisotopic (exact) mass is 390 g/mol. The van der Waals surface area contributed by atoms with E-state index < -0.39 is 26.5 Å². The van der Waals surface area contributed by atoms with Crippen LogP contribution in [-0.4, -0.2) is 40.2 Å². The summed E-state index contributed by atoms with van der Waals surface area (Å²) in [5.74, 6) is -1.33. The number of carboxylic acids is 1. The van der Waals surface area contributed by atoms with Gasteiger partial charge in [0, 0.05) is 0 Å². The number of aliphatic carboxylic acids is 1. The zero-order chi connectivity index (χ0) is 20.2. The highest BCUT2D eigenvalue weighted by Crippen LogP contribution is 2.35. The first-order valence-corrected chi connectivity index (χ1v) is 10.0. The Hall–Kier alpha value is -1.24. The summed E-state index contributed by atoms with van der Waals surface area (Å²) >= 11 is 0. The van der Waals surface area contributed by atoms with Gasteiger partial charge in [-0.1, -0.05) is 34.9 Å². The van der Waals surface area contributed by atoms with Crippen molar-refractivity contribution in [3.8, 4) is 0 Å². The Labute approximate surface area is 155 Å². The lowest BCUT2D eigenvalue weighted by Crippen LogP contribution is -2.29. The van der Waals surface area contributed by atoms with Gasteiger partial charge >= 0.3 is 13.8 Å². The number of allylic oxidation sites excluding steroid dienone is 5. The van der Waals surface area contributed by atoms with Crippen LogP contribution in [0.25, 0.3) is 0 Å². The van der Waals surface area contributed by atoms with Gasteiger partial charge in [-0.3, -0.25) is 4.52 Å². The molecule has 26 heavy (non-hydrogen) atoms. The molecule has 0 saturated carbocycles. The van der Waals surface area contributed by atoms with E-state index in [1.165, 1.54) is 11.1 Å². The summed E-state index contributed by atoms with van der Waals surface area (Å²) < 4.78 is 19.9. The standard InChI is InChI=1S/C18H31O7P/c1-14(2)7-5-8-15(3)9-6-10-16(4)11-12-24-17(18(19)20)13-25-26(21,22)23/h7,9,11,17H,5-6,8,10,12-13H2,1-4H3,(H,19,20)(H2,21,22,23)/b15-9+,16-11-. The van der Waals surface area contributed by atoms with Crippen molar-refractivity contribution in [1.29, 1.82) is 0 Å². The van der Waals surface area contributed by atoms with E-state index in [4.69, 9.17) is 19.6 Å². The number of hydrogen-bond acceptors (Lipinski definition) is 4. The third-order valence-corrected chi connectivity index (χ3v) is 4.01. The number of ether oxygens (including phenoxy) is 1. The molecule has 150 valence electrons. The van der Waals surface area contributed by atoms with E-state index in [1.807, 2.05) is 6.92 Å². The van der Waals surface area contributed by atoms with Gasteiger partial charge in [0.1, 0.15) is 0 Å². The molecule has 0 aromatic rings. The van der Waals surface area contributed by atoms with Crippen molar-refractivity contribution in [3.63, 3.8) is 0 Å². The van der Waals surface area contributed by atoms with E-state index >= 15 is 0 Å². The predicted molar refractivity (Wildman–Crippen MR) is 101 cm³/mol. The van der Waals surface area contributed by atoms with Gasteiger partial charge in [0.15, 0.2) is 6.10 Å². The van der Waals surface area contributed by atoms with E-state index in [0.717, 1.165) is 31.3 Å². The van der Waals surface area contributed by atoms with Gasteiger partial charge in [0.25, 0.3) is 0 Å². The number of hydrogen-bond donors (Lipinski definition) is 3. The lowest BCUT2D eigenvalue weighted by molar-refractivity contribution is -0.151. The van der Waals surface area contributed by atoms with Crippen LogP contribution in [0.4, 0.5) is 0 Å². The predicted octanol–water partition coefficient (Wildman–Crippen LogP) is 3.98. The Morgan fingerprint density at radius 2 is 1.54 bits per heavy atom. The van der Waals surface area contributed by atoms with Crippen molar-refractivity contribution in [2.45, 2.75) is 59.5 Å². The molecule has 3 N–H and O–H groups in total. The SMILES string of the molecule is CC(C)=CCC/C(C)=C/CC/C(C)=C\COC(COP(=O)(O)O)C(=O)O. The molecule has 0 bridgehead atoms. The van der Waals surface area contributed by atoms with Crippen LogP contribution in [0.3, 0.4) is 0 Å². The minimum absolute atomic E-state index is 0.0383. The van der Waals surface area contributed by atoms with E-state index in [0.29, 0.717) is 0 Å². The van der Waals surface area contributed by atoms with Gasteiger partial charge in [-0.2, -0.15) is 0 Å². The summed E-state index contributed by atoms with van der Waals surface area (Å²) in [6.45, 7) is 7.54. The zero-order valence-corrected chi connectivity index (χ0v) is 16.9. The van der Waals surface area contributed by atoms with Crippen LogP contribution in [0.5, 0.6) is 0 Å². The number of carboxylic acid groups (broad SMARTS) is 1. The second kappa shape index (κ2) is 13.0. The van der Waals surface area contributed by atoms with Crippen molar-refractivity contribution in [2.75, 3.05) is 13.2 Å². The molecule has 0 aromatic carbocycles. The minimum Gasteiger partial charge on any atom is -0.479 e. The van der Waals surface area contributed by atoms with Crippen molar-refractivity contribution < 1.29 is 33.5 Å². The Bertz CT molecular complexity index is 568. The van der Waals surface area contributed by atoms with Crippen molar-refractivity contribution in [3.05, 3.63) is 34.9 Å². The molecule has 0 aliphatic carbocycles. The molecule has 0 saturated heterocycles. The van der Waals surface area contributed by atoms with E-state index in [1.54, 1.807) is 6.08 Å². The lowest BCUT2D eigenvalue weighted by Gasteiger charge is -2.13. The van der Waals surface area contributed by atoms with E-state index in [9.17, 15) is 9.36 Å². The van der Waals surface area contributed by atoms with Crippen LogP contribution in [0.15, 0.2) is 34.9 Å². The second-order valence-corrected chi connectivity index (χ2v) is 7.65. The van der Waals surface area contributed by atoms with Crippen molar-refractivity contribution >= 4 is 13.8 Å². The quantitative estimate of drug-likeness (QED) is 0.322. The van der Waals surface area contributed by atoms with Gasteiger partial charge in [0.05, 0.1) is 13.2 Å². The zero-order valence-electron chi connectivity index (χ0n) is 16.0. The van der Waals surface area contributed by atoms with Crippen LogP contribution >= 0.6 is 7.82 Å². The average molecular weight is 390 g/mol. The molecule has 0 fully saturated rings. The van der Waals surface area contributed by atoms with Gasteiger partial charge in [-0.15, -0.1) is 0 Å². The maximum Gasteiger partial charge on any atom is 0.469 e. The molecule has 8 heteroatoms. The lowest BCUT2D eigenvalue weighted by atomic mass is 10.1. The highest BCUT2D eigenvalue weighted by atomic mass is 31.2. The highest BCUT2D eigenvalue weighted by molar-refractivity contribution is 7.46. The number of phosphoric acid groups is 1. The first-order valence-electron chi connectivity index (χ1n) is 8.50. The van der Waals surface area contributed by atoms with E-state index in [2.05, 4.69) is 37.4 Å². The molecule has 0 heterocycles. The average Bonchev–Trinajstić information content (AvgIpc) is 2.48. The van der Waals surface area contributed by atoms with Crippen LogP contribution in [0.2, 0.25) is 0 Å². The summed E-state index contributed by atoms with van der Waals surface area (Å²) in [5.41, 5.74) is 3.72. The number of rotatable bonds is 13. The summed E-state index contributed by atoms with van der Waals surface area (Å²) in [4.78, 5) is 28.2. The van der Waals surface area contributed by atoms with Crippen LogP contribution in [-0.2, 0) is 18.6 Å². The number of phosphoric ester groups is 1. The van der Waals surface area contributed by atoms with Gasteiger partial charge in [-0.05, 0) is 53.4 Å². The minimum atomic E-state index is -4.72. The van der Waals surface area contributed by atoms with Crippen LogP contribution < -0.4 is 0 Å². The molecule has 0 rings (SSSR count). The summed E-state index contributed by atoms with van der Waals surface area (Å²) in [6, 6.07) is 0. The van der Waals surface area contributed by atoms with Gasteiger partial charge in [-0.25, -0.2) is 9.36 Å².